The van der Waals surface area contributed by atoms with E-state index in [4.69, 9.17) is 11.6 Å². The maximum absolute atomic E-state index is 12.0. The number of sulfonamides is 1. The SMILES string of the molecule is CC(C)CNC(=O)Nc1cc(N2CCCS2(=O)=O)ccc1Cl. The van der Waals surface area contributed by atoms with Gasteiger partial charge in [0, 0.05) is 13.1 Å². The van der Waals surface area contributed by atoms with Crippen molar-refractivity contribution in [3.63, 3.8) is 0 Å². The third-order valence-electron chi connectivity index (χ3n) is 3.26. The molecule has 8 heteroatoms. The molecule has 6 nitrogen and oxygen atoms in total. The van der Waals surface area contributed by atoms with Gasteiger partial charge in [-0.15, -0.1) is 0 Å². The number of amides is 2. The molecule has 1 aliphatic rings. The summed E-state index contributed by atoms with van der Waals surface area (Å²) in [7, 11) is -3.26. The number of urea groups is 1. The Morgan fingerprint density at radius 1 is 1.41 bits per heavy atom. The van der Waals surface area contributed by atoms with E-state index in [0.717, 1.165) is 0 Å². The van der Waals surface area contributed by atoms with Crippen LogP contribution in [0.4, 0.5) is 16.2 Å². The van der Waals surface area contributed by atoms with E-state index >= 15 is 0 Å². The van der Waals surface area contributed by atoms with Crippen molar-refractivity contribution in [2.75, 3.05) is 28.5 Å². The lowest BCUT2D eigenvalue weighted by Gasteiger charge is -2.18. The summed E-state index contributed by atoms with van der Waals surface area (Å²) in [6, 6.07) is 4.45. The Labute approximate surface area is 135 Å². The molecule has 1 fully saturated rings. The van der Waals surface area contributed by atoms with Crippen LogP contribution in [0.2, 0.25) is 5.02 Å². The Morgan fingerprint density at radius 3 is 2.73 bits per heavy atom. The fourth-order valence-corrected chi connectivity index (χ4v) is 3.88. The first-order valence-electron chi connectivity index (χ1n) is 7.14. The molecule has 1 aliphatic heterocycles. The highest BCUT2D eigenvalue weighted by atomic mass is 35.5. The summed E-state index contributed by atoms with van der Waals surface area (Å²) in [5.74, 6) is 0.482. The molecule has 2 N–H and O–H groups in total. The van der Waals surface area contributed by atoms with E-state index in [1.54, 1.807) is 18.2 Å². The van der Waals surface area contributed by atoms with Crippen LogP contribution in [0, 0.1) is 5.92 Å². The van der Waals surface area contributed by atoms with Gasteiger partial charge in [0.15, 0.2) is 0 Å². The summed E-state index contributed by atoms with van der Waals surface area (Å²) < 4.78 is 25.3. The van der Waals surface area contributed by atoms with Gasteiger partial charge in [0.1, 0.15) is 0 Å². The molecular weight excluding hydrogens is 326 g/mol. The molecule has 2 rings (SSSR count). The highest BCUT2D eigenvalue weighted by Gasteiger charge is 2.28. The lowest BCUT2D eigenvalue weighted by atomic mass is 10.2. The standard InChI is InChI=1S/C14H20ClN3O3S/c1-10(2)9-16-14(19)17-13-8-11(4-5-12(13)15)18-6-3-7-22(18,20)21/h4-5,8,10H,3,6-7,9H2,1-2H3,(H2,16,17,19). The van der Waals surface area contributed by atoms with Crippen molar-refractivity contribution >= 4 is 39.0 Å². The van der Waals surface area contributed by atoms with Crippen molar-refractivity contribution in [3.8, 4) is 0 Å². The minimum Gasteiger partial charge on any atom is -0.338 e. The summed E-state index contributed by atoms with van der Waals surface area (Å²) >= 11 is 6.07. The quantitative estimate of drug-likeness (QED) is 0.880. The summed E-state index contributed by atoms with van der Waals surface area (Å²) in [6.45, 7) is 4.98. The number of hydrogen-bond acceptors (Lipinski definition) is 3. The molecule has 122 valence electrons. The van der Waals surface area contributed by atoms with Crippen molar-refractivity contribution in [1.29, 1.82) is 0 Å². The van der Waals surface area contributed by atoms with E-state index in [-0.39, 0.29) is 11.8 Å². The summed E-state index contributed by atoms with van der Waals surface area (Å²) in [5.41, 5.74) is 0.906. The number of nitrogens with zero attached hydrogens (tertiary/aromatic N) is 1. The summed E-state index contributed by atoms with van der Waals surface area (Å²) in [4.78, 5) is 11.8. The maximum atomic E-state index is 12.0. The van der Waals surface area contributed by atoms with E-state index in [1.165, 1.54) is 4.31 Å². The molecule has 0 atom stereocenters. The molecule has 0 aromatic heterocycles. The lowest BCUT2D eigenvalue weighted by molar-refractivity contribution is 0.251. The normalized spacial score (nSPS) is 16.8. The van der Waals surface area contributed by atoms with Gasteiger partial charge >= 0.3 is 6.03 Å². The third kappa shape index (κ3) is 4.04. The van der Waals surface area contributed by atoms with Gasteiger partial charge in [-0.1, -0.05) is 25.4 Å². The van der Waals surface area contributed by atoms with Crippen molar-refractivity contribution in [2.45, 2.75) is 20.3 Å². The van der Waals surface area contributed by atoms with Crippen LogP contribution < -0.4 is 14.9 Å². The smallest absolute Gasteiger partial charge is 0.319 e. The fourth-order valence-electron chi connectivity index (χ4n) is 2.16. The highest BCUT2D eigenvalue weighted by molar-refractivity contribution is 7.93. The molecule has 1 aromatic carbocycles. The number of hydrogen-bond donors (Lipinski definition) is 2. The zero-order valence-electron chi connectivity index (χ0n) is 12.6. The van der Waals surface area contributed by atoms with Crippen molar-refractivity contribution < 1.29 is 13.2 Å². The molecule has 22 heavy (non-hydrogen) atoms. The van der Waals surface area contributed by atoms with E-state index < -0.39 is 10.0 Å². The first-order valence-corrected chi connectivity index (χ1v) is 9.13. The van der Waals surface area contributed by atoms with Crippen LogP contribution in [-0.4, -0.2) is 33.3 Å². The van der Waals surface area contributed by atoms with E-state index in [9.17, 15) is 13.2 Å². The van der Waals surface area contributed by atoms with Crippen LogP contribution in [0.25, 0.3) is 0 Å². The van der Waals surface area contributed by atoms with Crippen molar-refractivity contribution in [3.05, 3.63) is 23.2 Å². The number of anilines is 2. The lowest BCUT2D eigenvalue weighted by Crippen LogP contribution is -2.32. The minimum atomic E-state index is -3.26. The fraction of sp³-hybridized carbons (Fsp3) is 0.500. The molecule has 1 aromatic rings. The molecule has 0 spiro atoms. The van der Waals surface area contributed by atoms with Crippen molar-refractivity contribution in [1.82, 2.24) is 5.32 Å². The van der Waals surface area contributed by atoms with Crippen LogP contribution in [0.1, 0.15) is 20.3 Å². The Kier molecular flexibility index (Phi) is 5.18. The predicted octanol–water partition coefficient (Wildman–Crippen LogP) is 2.66. The molecule has 0 saturated carbocycles. The molecule has 1 saturated heterocycles. The average Bonchev–Trinajstić information content (AvgIpc) is 2.78. The first kappa shape index (κ1) is 16.9. The van der Waals surface area contributed by atoms with Crippen LogP contribution in [0.15, 0.2) is 18.2 Å². The molecule has 0 radical (unpaired) electrons. The van der Waals surface area contributed by atoms with Gasteiger partial charge in [-0.2, -0.15) is 0 Å². The summed E-state index contributed by atoms with van der Waals surface area (Å²) in [5, 5.41) is 5.74. The van der Waals surface area contributed by atoms with Crippen LogP contribution in [0.3, 0.4) is 0 Å². The first-order chi connectivity index (χ1) is 10.3. The third-order valence-corrected chi connectivity index (χ3v) is 5.46. The van der Waals surface area contributed by atoms with Crippen LogP contribution in [0.5, 0.6) is 0 Å². The van der Waals surface area contributed by atoms with Gasteiger partial charge in [0.2, 0.25) is 10.0 Å². The summed E-state index contributed by atoms with van der Waals surface area (Å²) in [6.07, 6.45) is 0.600. The van der Waals surface area contributed by atoms with Gasteiger partial charge < -0.3 is 10.6 Å². The van der Waals surface area contributed by atoms with E-state index in [2.05, 4.69) is 10.6 Å². The number of carbonyl (C=O) groups excluding carboxylic acids is 1. The number of benzene rings is 1. The minimum absolute atomic E-state index is 0.146. The number of carbonyl (C=O) groups is 1. The van der Waals surface area contributed by atoms with Gasteiger partial charge in [0.05, 0.1) is 22.2 Å². The molecular formula is C14H20ClN3O3S. The number of nitrogens with one attached hydrogen (secondary N) is 2. The topological polar surface area (TPSA) is 78.5 Å². The van der Waals surface area contributed by atoms with Gasteiger partial charge in [-0.25, -0.2) is 13.2 Å². The van der Waals surface area contributed by atoms with E-state index in [0.29, 0.717) is 41.8 Å². The second kappa shape index (κ2) is 6.75. The largest absolute Gasteiger partial charge is 0.338 e. The van der Waals surface area contributed by atoms with Gasteiger partial charge in [0.25, 0.3) is 0 Å². The Hall–Kier alpha value is -1.47. The Morgan fingerprint density at radius 2 is 2.14 bits per heavy atom. The second-order valence-corrected chi connectivity index (χ2v) is 8.05. The molecule has 2 amide bonds. The monoisotopic (exact) mass is 345 g/mol. The van der Waals surface area contributed by atoms with Crippen LogP contribution >= 0.6 is 11.6 Å². The molecule has 0 bridgehead atoms. The van der Waals surface area contributed by atoms with Crippen LogP contribution in [-0.2, 0) is 10.0 Å². The molecule has 0 unspecified atom stereocenters. The maximum Gasteiger partial charge on any atom is 0.319 e. The number of halogens is 1. The second-order valence-electron chi connectivity index (χ2n) is 5.63. The Balaban J connectivity index is 2.15. The van der Waals surface area contributed by atoms with Gasteiger partial charge in [-0.05, 0) is 30.5 Å². The zero-order chi connectivity index (χ0) is 16.3. The average molecular weight is 346 g/mol. The molecule has 0 aliphatic carbocycles. The highest BCUT2D eigenvalue weighted by Crippen LogP contribution is 2.31. The van der Waals surface area contributed by atoms with E-state index in [1.807, 2.05) is 13.8 Å². The van der Waals surface area contributed by atoms with Crippen molar-refractivity contribution in [2.24, 2.45) is 5.92 Å². The van der Waals surface area contributed by atoms with Gasteiger partial charge in [-0.3, -0.25) is 4.31 Å². The Bertz CT molecular complexity index is 661. The zero-order valence-corrected chi connectivity index (χ0v) is 14.2. The predicted molar refractivity (Wildman–Crippen MR) is 89.1 cm³/mol. The molecule has 1 heterocycles. The number of rotatable bonds is 4.